The molecule has 1 fully saturated rings. The van der Waals surface area contributed by atoms with Gasteiger partial charge in [0.25, 0.3) is 0 Å². The summed E-state index contributed by atoms with van der Waals surface area (Å²) < 4.78 is 15.4. The van der Waals surface area contributed by atoms with Gasteiger partial charge >= 0.3 is 18.2 Å². The molecule has 2 aromatic carbocycles. The molecule has 1 saturated heterocycles. The van der Waals surface area contributed by atoms with Gasteiger partial charge in [-0.1, -0.05) is 48.5 Å². The lowest BCUT2D eigenvalue weighted by atomic mass is 9.96. The van der Waals surface area contributed by atoms with Gasteiger partial charge < -0.3 is 9.47 Å². The van der Waals surface area contributed by atoms with Crippen LogP contribution in [0.5, 0.6) is 0 Å². The number of carbonyl (C=O) groups is 3. The summed E-state index contributed by atoms with van der Waals surface area (Å²) in [5.74, 6) is -3.34. The summed E-state index contributed by atoms with van der Waals surface area (Å²) in [4.78, 5) is 36.7. The second kappa shape index (κ2) is 7.32. The Hall–Kier alpha value is -2.99. The first-order valence-corrected chi connectivity index (χ1v) is 8.58. The molecule has 1 heterocycles. The Bertz CT molecular complexity index is 871. The molecule has 2 aromatic rings. The van der Waals surface area contributed by atoms with Crippen molar-refractivity contribution in [3.63, 3.8) is 0 Å². The molecule has 27 heavy (non-hydrogen) atoms. The van der Waals surface area contributed by atoms with Crippen molar-refractivity contribution >= 4 is 17.7 Å². The normalized spacial score (nSPS) is 19.2. The molecule has 1 aliphatic heterocycles. The van der Waals surface area contributed by atoms with Crippen LogP contribution in [0.4, 0.5) is 0 Å². The lowest BCUT2D eigenvalue weighted by Crippen LogP contribution is -2.28. The van der Waals surface area contributed by atoms with E-state index in [-0.39, 0.29) is 5.78 Å². The third-order valence-corrected chi connectivity index (χ3v) is 4.19. The second-order valence-corrected chi connectivity index (χ2v) is 6.75. The van der Waals surface area contributed by atoms with Crippen molar-refractivity contribution in [3.8, 4) is 0 Å². The highest BCUT2D eigenvalue weighted by Gasteiger charge is 2.44. The van der Waals surface area contributed by atoms with Crippen molar-refractivity contribution in [1.82, 2.24) is 0 Å². The molecular weight excluding hydrogens is 348 g/mol. The lowest BCUT2D eigenvalue weighted by Gasteiger charge is -2.17. The van der Waals surface area contributed by atoms with E-state index in [2.05, 4.69) is 0 Å². The van der Waals surface area contributed by atoms with Crippen LogP contribution in [0.15, 0.2) is 54.6 Å². The highest BCUT2D eigenvalue weighted by Crippen LogP contribution is 2.27. The van der Waals surface area contributed by atoms with E-state index in [4.69, 9.17) is 14.2 Å². The first-order chi connectivity index (χ1) is 12.8. The van der Waals surface area contributed by atoms with Gasteiger partial charge in [0.1, 0.15) is 0 Å². The molecular formula is C21H20O6. The monoisotopic (exact) mass is 368 g/mol. The molecule has 0 amide bonds. The van der Waals surface area contributed by atoms with E-state index < -0.39 is 29.9 Å². The third kappa shape index (κ3) is 4.23. The molecule has 1 aliphatic rings. The van der Waals surface area contributed by atoms with Gasteiger partial charge in [0.2, 0.25) is 5.79 Å². The van der Waals surface area contributed by atoms with Gasteiger partial charge in [-0.15, -0.1) is 0 Å². The molecule has 2 atom stereocenters. The number of esters is 2. The molecule has 2 unspecified atom stereocenters. The number of ether oxygens (including phenoxy) is 3. The van der Waals surface area contributed by atoms with Crippen molar-refractivity contribution in [2.75, 3.05) is 0 Å². The van der Waals surface area contributed by atoms with Gasteiger partial charge in [-0.25, -0.2) is 4.79 Å². The van der Waals surface area contributed by atoms with E-state index in [1.54, 1.807) is 69.3 Å². The van der Waals surface area contributed by atoms with Crippen molar-refractivity contribution < 1.29 is 28.6 Å². The van der Waals surface area contributed by atoms with Gasteiger partial charge in [0.15, 0.2) is 5.78 Å². The summed E-state index contributed by atoms with van der Waals surface area (Å²) >= 11 is 0. The molecule has 0 aliphatic carbocycles. The van der Waals surface area contributed by atoms with Crippen LogP contribution in [-0.4, -0.2) is 29.8 Å². The zero-order valence-corrected chi connectivity index (χ0v) is 15.3. The maximum absolute atomic E-state index is 12.6. The molecule has 0 spiro atoms. The van der Waals surface area contributed by atoms with Crippen molar-refractivity contribution in [1.29, 1.82) is 0 Å². The van der Waals surface area contributed by atoms with Gasteiger partial charge in [0, 0.05) is 25.0 Å². The SMILES string of the molecule is CC(C(=O)OC1OC(C)(C)OC1=O)c1cccc(C(=O)c2ccccc2)c1. The highest BCUT2D eigenvalue weighted by atomic mass is 16.8. The number of cyclic esters (lactones) is 1. The number of rotatable bonds is 5. The number of benzene rings is 2. The first-order valence-electron chi connectivity index (χ1n) is 8.58. The average Bonchev–Trinajstić information content (AvgIpc) is 2.92. The Balaban J connectivity index is 1.73. The fourth-order valence-electron chi connectivity index (χ4n) is 2.74. The van der Waals surface area contributed by atoms with Gasteiger partial charge in [-0.05, 0) is 18.6 Å². The average molecular weight is 368 g/mol. The van der Waals surface area contributed by atoms with Crippen LogP contribution in [0, 0.1) is 0 Å². The summed E-state index contributed by atoms with van der Waals surface area (Å²) in [5, 5.41) is 0. The Morgan fingerprint density at radius 2 is 1.70 bits per heavy atom. The Morgan fingerprint density at radius 1 is 1.04 bits per heavy atom. The van der Waals surface area contributed by atoms with Crippen molar-refractivity contribution in [2.45, 2.75) is 38.8 Å². The Labute approximate surface area is 157 Å². The summed E-state index contributed by atoms with van der Waals surface area (Å²) in [5.41, 5.74) is 1.64. The molecule has 6 nitrogen and oxygen atoms in total. The van der Waals surface area contributed by atoms with Crippen LogP contribution < -0.4 is 0 Å². The van der Waals surface area contributed by atoms with Crippen LogP contribution in [0.3, 0.4) is 0 Å². The third-order valence-electron chi connectivity index (χ3n) is 4.19. The number of ketones is 1. The number of hydrogen-bond acceptors (Lipinski definition) is 6. The van der Waals surface area contributed by atoms with E-state index in [9.17, 15) is 14.4 Å². The van der Waals surface area contributed by atoms with Crippen molar-refractivity contribution in [3.05, 3.63) is 71.3 Å². The van der Waals surface area contributed by atoms with Gasteiger partial charge in [0.05, 0.1) is 5.92 Å². The smallest absolute Gasteiger partial charge is 0.379 e. The zero-order chi connectivity index (χ0) is 19.6. The summed E-state index contributed by atoms with van der Waals surface area (Å²) in [6.45, 7) is 4.75. The lowest BCUT2D eigenvalue weighted by molar-refractivity contribution is -0.198. The quantitative estimate of drug-likeness (QED) is 0.596. The van der Waals surface area contributed by atoms with E-state index in [0.29, 0.717) is 16.7 Å². The molecule has 140 valence electrons. The minimum Gasteiger partial charge on any atom is -0.429 e. The minimum absolute atomic E-state index is 0.137. The molecule has 0 N–H and O–H groups in total. The Kier molecular flexibility index (Phi) is 5.10. The summed E-state index contributed by atoms with van der Waals surface area (Å²) in [6.07, 6.45) is -1.39. The van der Waals surface area contributed by atoms with Gasteiger partial charge in [-0.3, -0.25) is 14.3 Å². The Morgan fingerprint density at radius 3 is 2.33 bits per heavy atom. The molecule has 3 rings (SSSR count). The van der Waals surface area contributed by atoms with E-state index >= 15 is 0 Å². The van der Waals surface area contributed by atoms with Crippen LogP contribution in [-0.2, 0) is 23.8 Å². The topological polar surface area (TPSA) is 78.9 Å². The zero-order valence-electron chi connectivity index (χ0n) is 15.3. The number of hydrogen-bond donors (Lipinski definition) is 0. The second-order valence-electron chi connectivity index (χ2n) is 6.75. The van der Waals surface area contributed by atoms with Crippen LogP contribution in [0.2, 0.25) is 0 Å². The maximum atomic E-state index is 12.6. The van der Waals surface area contributed by atoms with E-state index in [0.717, 1.165) is 0 Å². The molecule has 0 aromatic heterocycles. The standard InChI is InChI=1S/C21H20O6/c1-13(18(23)25-20-19(24)26-21(2,3)27-20)15-10-7-11-16(12-15)17(22)14-8-5-4-6-9-14/h4-13,20H,1-3H3. The summed E-state index contributed by atoms with van der Waals surface area (Å²) in [7, 11) is 0. The summed E-state index contributed by atoms with van der Waals surface area (Å²) in [6, 6.07) is 15.7. The minimum atomic E-state index is -1.39. The van der Waals surface area contributed by atoms with Crippen molar-refractivity contribution in [2.24, 2.45) is 0 Å². The van der Waals surface area contributed by atoms with Gasteiger partial charge in [-0.2, -0.15) is 0 Å². The maximum Gasteiger partial charge on any atom is 0.379 e. The molecule has 0 saturated carbocycles. The highest BCUT2D eigenvalue weighted by molar-refractivity contribution is 6.09. The molecule has 0 bridgehead atoms. The van der Waals surface area contributed by atoms with Crippen LogP contribution in [0.1, 0.15) is 48.2 Å². The van der Waals surface area contributed by atoms with E-state index in [1.807, 2.05) is 6.07 Å². The first kappa shape index (κ1) is 18.8. The van der Waals surface area contributed by atoms with Crippen LogP contribution in [0.25, 0.3) is 0 Å². The molecule has 6 heteroatoms. The largest absolute Gasteiger partial charge is 0.429 e. The van der Waals surface area contributed by atoms with E-state index in [1.165, 1.54) is 0 Å². The predicted molar refractivity (Wildman–Crippen MR) is 95.9 cm³/mol. The predicted octanol–water partition coefficient (Wildman–Crippen LogP) is 3.20. The fourth-order valence-corrected chi connectivity index (χ4v) is 2.74. The molecule has 0 radical (unpaired) electrons. The fraction of sp³-hybridized carbons (Fsp3) is 0.286. The van der Waals surface area contributed by atoms with Crippen LogP contribution >= 0.6 is 0 Å². The number of carbonyl (C=O) groups excluding carboxylic acids is 3.